The van der Waals surface area contributed by atoms with E-state index in [1.54, 1.807) is 0 Å². The van der Waals surface area contributed by atoms with Crippen LogP contribution in [0.5, 0.6) is 0 Å². The molecule has 0 bridgehead atoms. The van der Waals surface area contributed by atoms with E-state index < -0.39 is 11.7 Å². The number of ether oxygens (including phenoxy) is 1. The zero-order chi connectivity index (χ0) is 15.6. The van der Waals surface area contributed by atoms with Crippen molar-refractivity contribution < 1.29 is 14.3 Å². The molecule has 0 aliphatic heterocycles. The molecule has 1 unspecified atom stereocenters. The number of alkyl carbamates (subject to hydrolysis) is 1. The van der Waals surface area contributed by atoms with E-state index >= 15 is 0 Å². The fraction of sp³-hybridized carbons (Fsp3) is 0.733. The third-order valence-electron chi connectivity index (χ3n) is 2.54. The molecule has 2 N–H and O–H groups in total. The van der Waals surface area contributed by atoms with Crippen molar-refractivity contribution in [1.82, 2.24) is 10.6 Å². The molecule has 114 valence electrons. The second-order valence-electron chi connectivity index (χ2n) is 5.75. The number of hydrogen-bond donors (Lipinski definition) is 2. The second-order valence-corrected chi connectivity index (χ2v) is 5.75. The van der Waals surface area contributed by atoms with Crippen molar-refractivity contribution in [3.63, 3.8) is 0 Å². The zero-order valence-electron chi connectivity index (χ0n) is 12.9. The Labute approximate surface area is 121 Å². The number of amides is 2. The minimum atomic E-state index is -0.478. The normalized spacial score (nSPS) is 12.2. The molecular weight excluding hydrogens is 256 g/mol. The first-order chi connectivity index (χ1) is 9.26. The lowest BCUT2D eigenvalue weighted by atomic mass is 10.0. The van der Waals surface area contributed by atoms with Crippen LogP contribution in [0.3, 0.4) is 0 Å². The molecule has 0 aromatic carbocycles. The van der Waals surface area contributed by atoms with Gasteiger partial charge in [0.05, 0.1) is 6.54 Å². The number of carbonyl (C=O) groups excluding carboxylic acids is 2. The van der Waals surface area contributed by atoms with Crippen molar-refractivity contribution in [2.75, 3.05) is 13.1 Å². The molecule has 0 spiro atoms. The Balaban J connectivity index is 3.64. The first-order valence-electron chi connectivity index (χ1n) is 6.94. The van der Waals surface area contributed by atoms with Gasteiger partial charge in [-0.3, -0.25) is 4.79 Å². The maximum absolute atomic E-state index is 11.5. The summed E-state index contributed by atoms with van der Waals surface area (Å²) in [6, 6.07) is 0. The van der Waals surface area contributed by atoms with E-state index in [0.29, 0.717) is 6.54 Å². The van der Waals surface area contributed by atoms with Gasteiger partial charge in [-0.2, -0.15) is 0 Å². The van der Waals surface area contributed by atoms with E-state index in [0.717, 1.165) is 19.3 Å². The summed E-state index contributed by atoms with van der Waals surface area (Å²) in [5.41, 5.74) is -0.478. The van der Waals surface area contributed by atoms with Gasteiger partial charge in [0.2, 0.25) is 5.91 Å². The minimum Gasteiger partial charge on any atom is -0.444 e. The number of rotatable bonds is 7. The topological polar surface area (TPSA) is 67.4 Å². The Hall–Kier alpha value is -1.70. The molecule has 0 aromatic rings. The number of terminal acetylenes is 1. The monoisotopic (exact) mass is 282 g/mol. The highest BCUT2D eigenvalue weighted by Gasteiger charge is 2.15. The summed E-state index contributed by atoms with van der Waals surface area (Å²) in [7, 11) is 0. The fourth-order valence-corrected chi connectivity index (χ4v) is 1.52. The Morgan fingerprint density at radius 2 is 1.90 bits per heavy atom. The average molecular weight is 282 g/mol. The van der Waals surface area contributed by atoms with Crippen LogP contribution in [-0.2, 0) is 9.53 Å². The molecule has 1 atom stereocenters. The van der Waals surface area contributed by atoms with Crippen LogP contribution in [-0.4, -0.2) is 30.7 Å². The molecule has 0 radical (unpaired) electrons. The van der Waals surface area contributed by atoms with Crippen LogP contribution in [0.4, 0.5) is 4.79 Å². The zero-order valence-corrected chi connectivity index (χ0v) is 12.9. The van der Waals surface area contributed by atoms with Crippen LogP contribution in [0.25, 0.3) is 0 Å². The second kappa shape index (κ2) is 9.24. The molecule has 0 fully saturated rings. The first-order valence-corrected chi connectivity index (χ1v) is 6.94. The quantitative estimate of drug-likeness (QED) is 0.555. The highest BCUT2D eigenvalue weighted by atomic mass is 16.6. The van der Waals surface area contributed by atoms with Gasteiger partial charge in [0.15, 0.2) is 0 Å². The molecule has 20 heavy (non-hydrogen) atoms. The summed E-state index contributed by atoms with van der Waals surface area (Å²) < 4.78 is 5.11. The van der Waals surface area contributed by atoms with E-state index in [-0.39, 0.29) is 18.4 Å². The van der Waals surface area contributed by atoms with Crippen molar-refractivity contribution in [3.8, 4) is 12.3 Å². The summed E-state index contributed by atoms with van der Waals surface area (Å²) in [5, 5.41) is 5.34. The molecule has 5 heteroatoms. The summed E-state index contributed by atoms with van der Waals surface area (Å²) in [4.78, 5) is 22.9. The summed E-state index contributed by atoms with van der Waals surface area (Å²) in [6.45, 7) is 8.15. The number of nitrogens with one attached hydrogen (secondary N) is 2. The Bertz CT molecular complexity index is 353. The third kappa shape index (κ3) is 10.2. The van der Waals surface area contributed by atoms with Gasteiger partial charge in [-0.25, -0.2) is 4.79 Å². The van der Waals surface area contributed by atoms with Crippen molar-refractivity contribution >= 4 is 12.0 Å². The summed E-state index contributed by atoms with van der Waals surface area (Å²) in [5.74, 6) is 2.28. The maximum atomic E-state index is 11.5. The number of hydrogen-bond acceptors (Lipinski definition) is 3. The molecule has 0 rings (SSSR count). The van der Waals surface area contributed by atoms with Gasteiger partial charge >= 0.3 is 6.09 Å². The van der Waals surface area contributed by atoms with Gasteiger partial charge in [-0.05, 0) is 33.6 Å². The highest BCUT2D eigenvalue weighted by Crippen LogP contribution is 2.08. The lowest BCUT2D eigenvalue weighted by molar-refractivity contribution is -0.124. The molecular formula is C15H26N2O3. The van der Waals surface area contributed by atoms with E-state index in [1.165, 1.54) is 0 Å². The smallest absolute Gasteiger partial charge is 0.407 e. The first kappa shape index (κ1) is 18.3. The number of unbranched alkanes of at least 4 members (excludes halogenated alkanes) is 1. The van der Waals surface area contributed by atoms with Crippen LogP contribution >= 0.6 is 0 Å². The Morgan fingerprint density at radius 3 is 2.45 bits per heavy atom. The molecule has 0 aromatic heterocycles. The molecule has 5 nitrogen and oxygen atoms in total. The molecule has 0 aliphatic carbocycles. The van der Waals surface area contributed by atoms with Crippen LogP contribution in [0, 0.1) is 18.3 Å². The lowest BCUT2D eigenvalue weighted by Crippen LogP contribution is -2.33. The van der Waals surface area contributed by atoms with Crippen LogP contribution in [0.2, 0.25) is 0 Å². The van der Waals surface area contributed by atoms with Crippen molar-refractivity contribution in [3.05, 3.63) is 0 Å². The molecule has 0 saturated carbocycles. The summed E-state index contributed by atoms with van der Waals surface area (Å²) >= 11 is 0. The van der Waals surface area contributed by atoms with E-state index in [1.807, 2.05) is 27.7 Å². The third-order valence-corrected chi connectivity index (χ3v) is 2.54. The van der Waals surface area contributed by atoms with Gasteiger partial charge in [0.25, 0.3) is 0 Å². The van der Waals surface area contributed by atoms with Crippen LogP contribution < -0.4 is 10.6 Å². The van der Waals surface area contributed by atoms with Crippen molar-refractivity contribution in [2.24, 2.45) is 5.92 Å². The molecule has 0 saturated heterocycles. The van der Waals surface area contributed by atoms with Crippen molar-refractivity contribution in [1.29, 1.82) is 0 Å². The maximum Gasteiger partial charge on any atom is 0.407 e. The Morgan fingerprint density at radius 1 is 1.25 bits per heavy atom. The molecule has 0 aliphatic rings. The van der Waals surface area contributed by atoms with Crippen LogP contribution in [0.1, 0.15) is 47.0 Å². The molecule has 0 heterocycles. The largest absolute Gasteiger partial charge is 0.444 e. The van der Waals surface area contributed by atoms with Gasteiger partial charge < -0.3 is 15.4 Å². The van der Waals surface area contributed by atoms with Gasteiger partial charge in [0, 0.05) is 12.5 Å². The standard InChI is InChI=1S/C15H26N2O3/c1-6-10-16-13(18)12(2)9-7-8-11-17-14(19)20-15(3,4)5/h1,12H,7-11H2,2-5H3,(H,16,18)(H,17,19). The average Bonchev–Trinajstić information content (AvgIpc) is 2.32. The van der Waals surface area contributed by atoms with E-state index in [9.17, 15) is 9.59 Å². The minimum absolute atomic E-state index is 0.0250. The van der Waals surface area contributed by atoms with Crippen LogP contribution in [0.15, 0.2) is 0 Å². The Kier molecular flexibility index (Phi) is 8.46. The van der Waals surface area contributed by atoms with Gasteiger partial charge in [0.1, 0.15) is 5.60 Å². The molecule has 2 amide bonds. The fourth-order valence-electron chi connectivity index (χ4n) is 1.52. The SMILES string of the molecule is C#CCNC(=O)C(C)CCCCNC(=O)OC(C)(C)C. The lowest BCUT2D eigenvalue weighted by Gasteiger charge is -2.19. The predicted octanol–water partition coefficient (Wildman–Crippen LogP) is 2.07. The van der Waals surface area contributed by atoms with E-state index in [2.05, 4.69) is 16.6 Å². The highest BCUT2D eigenvalue weighted by molar-refractivity contribution is 5.78. The van der Waals surface area contributed by atoms with Gasteiger partial charge in [-0.1, -0.05) is 19.3 Å². The summed E-state index contributed by atoms with van der Waals surface area (Å²) in [6.07, 6.45) is 7.11. The number of carbonyl (C=O) groups is 2. The predicted molar refractivity (Wildman–Crippen MR) is 79.1 cm³/mol. The van der Waals surface area contributed by atoms with Gasteiger partial charge in [-0.15, -0.1) is 6.42 Å². The van der Waals surface area contributed by atoms with Crippen molar-refractivity contribution in [2.45, 2.75) is 52.6 Å². The van der Waals surface area contributed by atoms with E-state index in [4.69, 9.17) is 11.2 Å².